The Morgan fingerprint density at radius 2 is 2.19 bits per heavy atom. The second-order valence-electron chi connectivity index (χ2n) is 5.87. The van der Waals surface area contributed by atoms with E-state index in [4.69, 9.17) is 0 Å². The van der Waals surface area contributed by atoms with Crippen molar-refractivity contribution >= 4 is 23.5 Å². The fourth-order valence-corrected chi connectivity index (χ4v) is 4.35. The van der Waals surface area contributed by atoms with Gasteiger partial charge in [0.15, 0.2) is 0 Å². The standard InChI is InChI=1S/C16H22N2O2S/c19-16(20)13-9-11-5-1-2-7-14(11)18-15(13)17-10-12-6-3-4-8-21-12/h9,12H,1-8,10H2,(H,17,18)(H,19,20). The Labute approximate surface area is 129 Å². The highest BCUT2D eigenvalue weighted by molar-refractivity contribution is 7.99. The van der Waals surface area contributed by atoms with Crippen LogP contribution in [-0.2, 0) is 12.8 Å². The Morgan fingerprint density at radius 1 is 1.33 bits per heavy atom. The summed E-state index contributed by atoms with van der Waals surface area (Å²) in [7, 11) is 0. The Morgan fingerprint density at radius 3 is 2.95 bits per heavy atom. The van der Waals surface area contributed by atoms with E-state index in [0.29, 0.717) is 16.6 Å². The van der Waals surface area contributed by atoms with Gasteiger partial charge in [0.2, 0.25) is 0 Å². The van der Waals surface area contributed by atoms with Crippen LogP contribution in [0.4, 0.5) is 5.82 Å². The van der Waals surface area contributed by atoms with Gasteiger partial charge in [0, 0.05) is 17.5 Å². The van der Waals surface area contributed by atoms with E-state index in [-0.39, 0.29) is 0 Å². The van der Waals surface area contributed by atoms with Crippen LogP contribution < -0.4 is 5.32 Å². The zero-order valence-corrected chi connectivity index (χ0v) is 13.0. The van der Waals surface area contributed by atoms with Crippen molar-refractivity contribution in [1.82, 2.24) is 4.98 Å². The number of carboxylic acids is 1. The van der Waals surface area contributed by atoms with E-state index in [0.717, 1.165) is 43.5 Å². The molecule has 2 N–H and O–H groups in total. The first-order valence-corrected chi connectivity index (χ1v) is 8.90. The zero-order chi connectivity index (χ0) is 14.7. The Kier molecular flexibility index (Phi) is 4.68. The topological polar surface area (TPSA) is 62.2 Å². The number of fused-ring (bicyclic) bond motifs is 1. The van der Waals surface area contributed by atoms with Crippen molar-refractivity contribution in [3.8, 4) is 0 Å². The van der Waals surface area contributed by atoms with Crippen LogP contribution in [0, 0.1) is 0 Å². The SMILES string of the molecule is O=C(O)c1cc2c(nc1NCC1CCCCS1)CCCC2. The fraction of sp³-hybridized carbons (Fsp3) is 0.625. The summed E-state index contributed by atoms with van der Waals surface area (Å²) in [6.07, 6.45) is 8.03. The van der Waals surface area contributed by atoms with E-state index < -0.39 is 5.97 Å². The molecule has 1 saturated heterocycles. The summed E-state index contributed by atoms with van der Waals surface area (Å²) in [6.45, 7) is 0.816. The quantitative estimate of drug-likeness (QED) is 0.893. The van der Waals surface area contributed by atoms with Gasteiger partial charge >= 0.3 is 5.97 Å². The van der Waals surface area contributed by atoms with Gasteiger partial charge < -0.3 is 10.4 Å². The van der Waals surface area contributed by atoms with Crippen LogP contribution in [0.15, 0.2) is 6.07 Å². The van der Waals surface area contributed by atoms with E-state index in [1.165, 1.54) is 25.0 Å². The molecule has 0 amide bonds. The maximum Gasteiger partial charge on any atom is 0.339 e. The van der Waals surface area contributed by atoms with Gasteiger partial charge in [-0.15, -0.1) is 0 Å². The summed E-state index contributed by atoms with van der Waals surface area (Å²) >= 11 is 1.99. The van der Waals surface area contributed by atoms with Crippen LogP contribution in [0.2, 0.25) is 0 Å². The van der Waals surface area contributed by atoms with Gasteiger partial charge in [0.25, 0.3) is 0 Å². The van der Waals surface area contributed by atoms with Gasteiger partial charge in [0.05, 0.1) is 0 Å². The molecule has 1 atom stereocenters. The molecule has 5 heteroatoms. The van der Waals surface area contributed by atoms with Crippen LogP contribution in [0.1, 0.15) is 53.7 Å². The number of nitrogens with one attached hydrogen (secondary N) is 1. The first kappa shape index (κ1) is 14.7. The van der Waals surface area contributed by atoms with Gasteiger partial charge in [-0.1, -0.05) is 6.42 Å². The number of carboxylic acid groups (broad SMARTS) is 1. The monoisotopic (exact) mass is 306 g/mol. The minimum Gasteiger partial charge on any atom is -0.478 e. The summed E-state index contributed by atoms with van der Waals surface area (Å²) in [5.74, 6) is 0.902. The highest BCUT2D eigenvalue weighted by atomic mass is 32.2. The van der Waals surface area contributed by atoms with Crippen molar-refractivity contribution < 1.29 is 9.90 Å². The molecule has 0 saturated carbocycles. The van der Waals surface area contributed by atoms with Crippen LogP contribution >= 0.6 is 11.8 Å². The summed E-state index contributed by atoms with van der Waals surface area (Å²) in [5.41, 5.74) is 2.54. The Bertz CT molecular complexity index is 527. The Balaban J connectivity index is 1.77. The summed E-state index contributed by atoms with van der Waals surface area (Å²) < 4.78 is 0. The number of pyridine rings is 1. The molecule has 0 spiro atoms. The Hall–Kier alpha value is -1.23. The smallest absolute Gasteiger partial charge is 0.339 e. The second kappa shape index (κ2) is 6.69. The predicted molar refractivity (Wildman–Crippen MR) is 86.4 cm³/mol. The lowest BCUT2D eigenvalue weighted by molar-refractivity contribution is 0.0697. The first-order valence-electron chi connectivity index (χ1n) is 7.85. The molecule has 1 aromatic rings. The van der Waals surface area contributed by atoms with Crippen LogP contribution in [-0.4, -0.2) is 33.6 Å². The van der Waals surface area contributed by atoms with Gasteiger partial charge in [-0.3, -0.25) is 0 Å². The number of thioether (sulfide) groups is 1. The van der Waals surface area contributed by atoms with Gasteiger partial charge in [-0.2, -0.15) is 11.8 Å². The molecule has 2 heterocycles. The van der Waals surface area contributed by atoms with Crippen LogP contribution in [0.25, 0.3) is 0 Å². The van der Waals surface area contributed by atoms with E-state index >= 15 is 0 Å². The normalized spacial score (nSPS) is 21.6. The van der Waals surface area contributed by atoms with Gasteiger partial charge in [-0.05, 0) is 55.9 Å². The first-order chi connectivity index (χ1) is 10.2. The van der Waals surface area contributed by atoms with Crippen molar-refractivity contribution in [2.45, 2.75) is 50.2 Å². The van der Waals surface area contributed by atoms with E-state index in [2.05, 4.69) is 10.3 Å². The lowest BCUT2D eigenvalue weighted by atomic mass is 9.94. The lowest BCUT2D eigenvalue weighted by Crippen LogP contribution is -2.22. The maximum absolute atomic E-state index is 11.5. The molecule has 1 aliphatic heterocycles. The molecule has 0 radical (unpaired) electrons. The molecule has 114 valence electrons. The highest BCUT2D eigenvalue weighted by Gasteiger charge is 2.20. The van der Waals surface area contributed by atoms with Crippen LogP contribution in [0.3, 0.4) is 0 Å². The van der Waals surface area contributed by atoms with E-state index in [1.807, 2.05) is 17.8 Å². The molecule has 0 bridgehead atoms. The molecule has 2 aliphatic rings. The third kappa shape index (κ3) is 3.51. The fourth-order valence-electron chi connectivity index (χ4n) is 3.11. The number of carbonyl (C=O) groups is 1. The zero-order valence-electron chi connectivity index (χ0n) is 12.2. The average Bonchev–Trinajstić information content (AvgIpc) is 2.53. The van der Waals surface area contributed by atoms with Crippen molar-refractivity contribution in [2.24, 2.45) is 0 Å². The molecule has 1 unspecified atom stereocenters. The number of rotatable bonds is 4. The van der Waals surface area contributed by atoms with E-state index in [1.54, 1.807) is 0 Å². The van der Waals surface area contributed by atoms with Gasteiger partial charge in [-0.25, -0.2) is 9.78 Å². The molecule has 0 aromatic carbocycles. The van der Waals surface area contributed by atoms with E-state index in [9.17, 15) is 9.90 Å². The van der Waals surface area contributed by atoms with Gasteiger partial charge in [0.1, 0.15) is 11.4 Å². The molecule has 3 rings (SSSR count). The molecule has 21 heavy (non-hydrogen) atoms. The van der Waals surface area contributed by atoms with Crippen molar-refractivity contribution in [2.75, 3.05) is 17.6 Å². The number of hydrogen-bond donors (Lipinski definition) is 2. The predicted octanol–water partition coefficient (Wildman–Crippen LogP) is 3.36. The number of hydrogen-bond acceptors (Lipinski definition) is 4. The average molecular weight is 306 g/mol. The largest absolute Gasteiger partial charge is 0.478 e. The van der Waals surface area contributed by atoms with Crippen LogP contribution in [0.5, 0.6) is 0 Å². The summed E-state index contributed by atoms with van der Waals surface area (Å²) in [5, 5.41) is 13.3. The molecule has 4 nitrogen and oxygen atoms in total. The molecule has 1 aromatic heterocycles. The highest BCUT2D eigenvalue weighted by Crippen LogP contribution is 2.27. The minimum absolute atomic E-state index is 0.330. The maximum atomic E-state index is 11.5. The number of aryl methyl sites for hydroxylation is 2. The molecule has 1 aliphatic carbocycles. The molecule has 1 fully saturated rings. The van der Waals surface area contributed by atoms with Crippen molar-refractivity contribution in [3.63, 3.8) is 0 Å². The number of nitrogens with zero attached hydrogens (tertiary/aromatic N) is 1. The molecular weight excluding hydrogens is 284 g/mol. The summed E-state index contributed by atoms with van der Waals surface area (Å²) in [6, 6.07) is 1.83. The van der Waals surface area contributed by atoms with Crippen molar-refractivity contribution in [3.05, 3.63) is 22.9 Å². The third-order valence-electron chi connectivity index (χ3n) is 4.30. The minimum atomic E-state index is -0.880. The number of anilines is 1. The number of aromatic carboxylic acids is 1. The lowest BCUT2D eigenvalue weighted by Gasteiger charge is -2.23. The summed E-state index contributed by atoms with van der Waals surface area (Å²) in [4.78, 5) is 16.1. The number of aromatic nitrogens is 1. The molecular formula is C16H22N2O2S. The van der Waals surface area contributed by atoms with Crippen molar-refractivity contribution in [1.29, 1.82) is 0 Å². The third-order valence-corrected chi connectivity index (χ3v) is 5.70. The second-order valence-corrected chi connectivity index (χ2v) is 7.28.